The largest absolute Gasteiger partial charge is 0.337 e. The minimum absolute atomic E-state index is 0.0375. The van der Waals surface area contributed by atoms with Crippen LogP contribution >= 0.6 is 0 Å². The molecule has 0 aliphatic rings. The lowest BCUT2D eigenvalue weighted by Crippen LogP contribution is -2.31. The Morgan fingerprint density at radius 2 is 2.10 bits per heavy atom. The van der Waals surface area contributed by atoms with E-state index in [0.29, 0.717) is 37.8 Å². The summed E-state index contributed by atoms with van der Waals surface area (Å²) in [6, 6.07) is 0. The van der Waals surface area contributed by atoms with Crippen LogP contribution in [-0.4, -0.2) is 42.3 Å². The van der Waals surface area contributed by atoms with Crippen molar-refractivity contribution in [2.45, 2.75) is 46.2 Å². The van der Waals surface area contributed by atoms with Gasteiger partial charge in [-0.1, -0.05) is 19.0 Å². The molecule has 2 aromatic heterocycles. The van der Waals surface area contributed by atoms with Gasteiger partial charge < -0.3 is 14.0 Å². The van der Waals surface area contributed by atoms with Crippen LogP contribution in [0.5, 0.6) is 0 Å². The second kappa shape index (κ2) is 6.96. The third kappa shape index (κ3) is 4.11. The highest BCUT2D eigenvalue weighted by Crippen LogP contribution is 2.11. The van der Waals surface area contributed by atoms with Crippen molar-refractivity contribution < 1.29 is 9.32 Å². The van der Waals surface area contributed by atoms with Crippen LogP contribution in [0.25, 0.3) is 0 Å². The number of aromatic nitrogens is 5. The lowest BCUT2D eigenvalue weighted by Gasteiger charge is -2.18. The second-order valence-electron chi connectivity index (χ2n) is 5.06. The van der Waals surface area contributed by atoms with Gasteiger partial charge in [-0.3, -0.25) is 4.79 Å². The molecule has 0 aromatic carbocycles. The van der Waals surface area contributed by atoms with E-state index in [1.807, 2.05) is 20.8 Å². The van der Waals surface area contributed by atoms with Gasteiger partial charge in [-0.25, -0.2) is 0 Å². The molecule has 0 atom stereocenters. The van der Waals surface area contributed by atoms with Gasteiger partial charge in [0.05, 0.1) is 6.54 Å². The van der Waals surface area contributed by atoms with Gasteiger partial charge in [-0.15, -0.1) is 10.2 Å². The Morgan fingerprint density at radius 3 is 2.67 bits per heavy atom. The fourth-order valence-electron chi connectivity index (χ4n) is 1.83. The first-order valence-electron chi connectivity index (χ1n) is 7.02. The lowest BCUT2D eigenvalue weighted by atomic mass is 10.2. The maximum Gasteiger partial charge on any atom is 0.246 e. The molecule has 2 rings (SSSR count). The maximum absolute atomic E-state index is 12.2. The Hall–Kier alpha value is -2.25. The summed E-state index contributed by atoms with van der Waals surface area (Å²) < 4.78 is 6.95. The van der Waals surface area contributed by atoms with Gasteiger partial charge >= 0.3 is 0 Å². The molecular formula is C13H20N6O2. The molecule has 0 spiro atoms. The minimum atomic E-state index is 0.0375. The highest BCUT2D eigenvalue weighted by Gasteiger charge is 2.17. The van der Waals surface area contributed by atoms with Crippen LogP contribution in [0.3, 0.4) is 0 Å². The molecule has 0 aliphatic carbocycles. The predicted octanol–water partition coefficient (Wildman–Crippen LogP) is 1.22. The van der Waals surface area contributed by atoms with Crippen molar-refractivity contribution in [3.63, 3.8) is 0 Å². The Bertz CT molecular complexity index is 563. The van der Waals surface area contributed by atoms with Gasteiger partial charge in [0.1, 0.15) is 12.7 Å². The summed E-state index contributed by atoms with van der Waals surface area (Å²) in [7, 11) is 0. The fourth-order valence-corrected chi connectivity index (χ4v) is 1.83. The standard InChI is InChI=1S/C13H20N6O2/c1-4-19(7-11-16-13(10(2)3)17-21-11)12(20)5-6-18-8-14-15-9-18/h8-10H,4-7H2,1-3H3. The summed E-state index contributed by atoms with van der Waals surface area (Å²) in [5.41, 5.74) is 0. The number of hydrogen-bond acceptors (Lipinski definition) is 6. The Kier molecular flexibility index (Phi) is 5.02. The molecule has 0 fully saturated rings. The molecule has 0 saturated heterocycles. The van der Waals surface area contributed by atoms with Crippen molar-refractivity contribution in [2.24, 2.45) is 0 Å². The zero-order chi connectivity index (χ0) is 15.2. The van der Waals surface area contributed by atoms with Crippen molar-refractivity contribution in [2.75, 3.05) is 6.54 Å². The Labute approximate surface area is 123 Å². The highest BCUT2D eigenvalue weighted by atomic mass is 16.5. The van der Waals surface area contributed by atoms with Crippen molar-refractivity contribution >= 4 is 5.91 Å². The topological polar surface area (TPSA) is 89.9 Å². The molecule has 2 aromatic rings. The summed E-state index contributed by atoms with van der Waals surface area (Å²) in [6.07, 6.45) is 3.57. The number of nitrogens with zero attached hydrogens (tertiary/aromatic N) is 6. The summed E-state index contributed by atoms with van der Waals surface area (Å²) in [4.78, 5) is 18.2. The number of aryl methyl sites for hydroxylation is 1. The molecule has 114 valence electrons. The van der Waals surface area contributed by atoms with Gasteiger partial charge in [-0.2, -0.15) is 4.98 Å². The first kappa shape index (κ1) is 15.1. The average Bonchev–Trinajstić information content (AvgIpc) is 3.13. The van der Waals surface area contributed by atoms with E-state index in [4.69, 9.17) is 4.52 Å². The van der Waals surface area contributed by atoms with Gasteiger partial charge in [0.15, 0.2) is 5.82 Å². The molecule has 8 heteroatoms. The predicted molar refractivity (Wildman–Crippen MR) is 74.1 cm³/mol. The van der Waals surface area contributed by atoms with E-state index in [9.17, 15) is 4.79 Å². The van der Waals surface area contributed by atoms with Gasteiger partial charge in [0.2, 0.25) is 11.8 Å². The molecular weight excluding hydrogens is 272 g/mol. The number of hydrogen-bond donors (Lipinski definition) is 0. The van der Waals surface area contributed by atoms with E-state index >= 15 is 0 Å². The van der Waals surface area contributed by atoms with Crippen molar-refractivity contribution in [1.82, 2.24) is 29.8 Å². The summed E-state index contributed by atoms with van der Waals surface area (Å²) in [5.74, 6) is 1.38. The van der Waals surface area contributed by atoms with Crippen LogP contribution in [0.4, 0.5) is 0 Å². The molecule has 0 bridgehead atoms. The van der Waals surface area contributed by atoms with E-state index in [0.717, 1.165) is 0 Å². The zero-order valence-corrected chi connectivity index (χ0v) is 12.6. The highest BCUT2D eigenvalue weighted by molar-refractivity contribution is 5.75. The lowest BCUT2D eigenvalue weighted by molar-refractivity contribution is -0.132. The molecule has 1 amide bonds. The van der Waals surface area contributed by atoms with Crippen LogP contribution in [0.15, 0.2) is 17.2 Å². The molecule has 2 heterocycles. The van der Waals surface area contributed by atoms with Crippen LogP contribution in [0, 0.1) is 0 Å². The third-order valence-electron chi connectivity index (χ3n) is 3.11. The van der Waals surface area contributed by atoms with Crippen LogP contribution in [0.2, 0.25) is 0 Å². The van der Waals surface area contributed by atoms with Crippen molar-refractivity contribution in [3.8, 4) is 0 Å². The van der Waals surface area contributed by atoms with E-state index in [1.54, 1.807) is 22.1 Å². The number of carbonyl (C=O) groups excluding carboxylic acids is 1. The third-order valence-corrected chi connectivity index (χ3v) is 3.11. The number of rotatable bonds is 7. The normalized spacial score (nSPS) is 11.0. The molecule has 0 N–H and O–H groups in total. The van der Waals surface area contributed by atoms with Crippen LogP contribution in [-0.2, 0) is 17.9 Å². The van der Waals surface area contributed by atoms with E-state index in [2.05, 4.69) is 20.3 Å². The maximum atomic E-state index is 12.2. The zero-order valence-electron chi connectivity index (χ0n) is 12.6. The summed E-state index contributed by atoms with van der Waals surface area (Å²) in [5, 5.41) is 11.3. The first-order valence-corrected chi connectivity index (χ1v) is 7.02. The van der Waals surface area contributed by atoms with Gasteiger partial charge in [0, 0.05) is 25.4 Å². The molecule has 0 aliphatic heterocycles. The van der Waals surface area contributed by atoms with Crippen LogP contribution < -0.4 is 0 Å². The first-order chi connectivity index (χ1) is 10.1. The van der Waals surface area contributed by atoms with Gasteiger partial charge in [-0.05, 0) is 6.92 Å². The molecule has 8 nitrogen and oxygen atoms in total. The van der Waals surface area contributed by atoms with Crippen molar-refractivity contribution in [1.29, 1.82) is 0 Å². The summed E-state index contributed by atoms with van der Waals surface area (Å²) in [6.45, 7) is 7.42. The van der Waals surface area contributed by atoms with Crippen molar-refractivity contribution in [3.05, 3.63) is 24.4 Å². The molecule has 0 unspecified atom stereocenters. The Balaban J connectivity index is 1.90. The summed E-state index contributed by atoms with van der Waals surface area (Å²) >= 11 is 0. The quantitative estimate of drug-likeness (QED) is 0.762. The fraction of sp³-hybridized carbons (Fsp3) is 0.615. The molecule has 0 radical (unpaired) electrons. The molecule has 0 saturated carbocycles. The smallest absolute Gasteiger partial charge is 0.246 e. The van der Waals surface area contributed by atoms with Gasteiger partial charge in [0.25, 0.3) is 0 Å². The van der Waals surface area contributed by atoms with Crippen LogP contribution in [0.1, 0.15) is 44.8 Å². The van der Waals surface area contributed by atoms with E-state index in [1.165, 1.54) is 0 Å². The minimum Gasteiger partial charge on any atom is -0.337 e. The van der Waals surface area contributed by atoms with E-state index < -0.39 is 0 Å². The SMILES string of the molecule is CCN(Cc1nc(C(C)C)no1)C(=O)CCn1cnnc1. The Morgan fingerprint density at radius 1 is 1.38 bits per heavy atom. The second-order valence-corrected chi connectivity index (χ2v) is 5.06. The molecule has 21 heavy (non-hydrogen) atoms. The van der Waals surface area contributed by atoms with E-state index in [-0.39, 0.29) is 11.8 Å². The number of carbonyl (C=O) groups is 1. The number of amides is 1. The monoisotopic (exact) mass is 292 g/mol. The average molecular weight is 292 g/mol.